The molecule has 0 bridgehead atoms. The summed E-state index contributed by atoms with van der Waals surface area (Å²) < 4.78 is 41.2. The summed E-state index contributed by atoms with van der Waals surface area (Å²) in [6.07, 6.45) is 5.91. The van der Waals surface area contributed by atoms with Gasteiger partial charge in [-0.3, -0.25) is 8.42 Å². The molecule has 0 aliphatic rings. The van der Waals surface area contributed by atoms with Crippen LogP contribution >= 0.6 is 23.5 Å². The first-order valence-electron chi connectivity index (χ1n) is 6.90. The Kier molecular flexibility index (Phi) is 32.3. The summed E-state index contributed by atoms with van der Waals surface area (Å²) in [6, 6.07) is 0. The van der Waals surface area contributed by atoms with Gasteiger partial charge in [-0.1, -0.05) is 22.2 Å². The zero-order valence-corrected chi connectivity index (χ0v) is 21.0. The first-order chi connectivity index (χ1) is 9.63. The van der Waals surface area contributed by atoms with E-state index >= 15 is 0 Å². The predicted molar refractivity (Wildman–Crippen MR) is 89.9 cm³/mol. The fourth-order valence-corrected chi connectivity index (χ4v) is 4.38. The van der Waals surface area contributed by atoms with Gasteiger partial charge >= 0.3 is 59.1 Å². The molecule has 0 aliphatic heterocycles. The smallest absolute Gasteiger partial charge is 0.772 e. The molecule has 22 heavy (non-hydrogen) atoms. The molecule has 0 N–H and O–H groups in total. The molecule has 122 valence electrons. The van der Waals surface area contributed by atoms with E-state index in [4.69, 9.17) is 0 Å². The Labute approximate surface area is 193 Å². The van der Waals surface area contributed by atoms with Gasteiger partial charge in [0.25, 0.3) is 0 Å². The van der Waals surface area contributed by atoms with E-state index in [2.05, 4.69) is 0 Å². The Morgan fingerprint density at radius 3 is 1.14 bits per heavy atom. The number of rotatable bonds is 15. The number of hydrogen-bond acceptors (Lipinski definition) is 6. The molecule has 0 aromatic carbocycles. The second-order valence-electron chi connectivity index (χ2n) is 4.36. The van der Waals surface area contributed by atoms with Crippen LogP contribution in [0, 0.1) is 0 Å². The van der Waals surface area contributed by atoms with Crippen LogP contribution in [0.2, 0.25) is 0 Å². The predicted octanol–water partition coefficient (Wildman–Crippen LogP) is -3.44. The van der Waals surface area contributed by atoms with Gasteiger partial charge in [-0.25, -0.2) is 0 Å². The van der Waals surface area contributed by atoms with Gasteiger partial charge in [0.05, 0.1) is 0 Å². The van der Waals surface area contributed by atoms with Crippen LogP contribution in [0.15, 0.2) is 0 Å². The van der Waals surface area contributed by atoms with E-state index in [0.717, 1.165) is 48.7 Å². The molecule has 0 saturated heterocycles. The van der Waals surface area contributed by atoms with Crippen LogP contribution in [0.25, 0.3) is 0 Å². The molecule has 0 aromatic rings. The second kappa shape index (κ2) is 23.9. The Morgan fingerprint density at radius 1 is 0.591 bits per heavy atom. The maximum Gasteiger partial charge on any atom is 1.00 e. The van der Waals surface area contributed by atoms with Gasteiger partial charge in [-0.2, -0.15) is 23.5 Å². The van der Waals surface area contributed by atoms with Gasteiger partial charge in [0, 0.05) is 11.5 Å². The van der Waals surface area contributed by atoms with E-state index in [-0.39, 0.29) is 70.6 Å². The molecular weight excluding hydrogens is 382 g/mol. The van der Waals surface area contributed by atoms with Crippen molar-refractivity contribution >= 4 is 45.7 Å². The zero-order chi connectivity index (χ0) is 15.1. The van der Waals surface area contributed by atoms with E-state index in [0.29, 0.717) is 0 Å². The van der Waals surface area contributed by atoms with Crippen LogP contribution < -0.4 is 59.1 Å². The number of unbranched alkanes of at least 4 members (excludes halogenated alkanes) is 3. The molecule has 2 unspecified atom stereocenters. The molecule has 0 rings (SSSR count). The topological polar surface area (TPSA) is 80.3 Å². The fourth-order valence-electron chi connectivity index (χ4n) is 1.46. The van der Waals surface area contributed by atoms with Gasteiger partial charge in [-0.15, -0.1) is 0 Å². The largest absolute Gasteiger partial charge is 1.00 e. The van der Waals surface area contributed by atoms with Crippen LogP contribution in [0.4, 0.5) is 0 Å². The van der Waals surface area contributed by atoms with Crippen molar-refractivity contribution in [3.8, 4) is 0 Å². The van der Waals surface area contributed by atoms with E-state index in [9.17, 15) is 17.5 Å². The quantitative estimate of drug-likeness (QED) is 0.160. The minimum Gasteiger partial charge on any atom is -0.772 e. The average Bonchev–Trinajstić information content (AvgIpc) is 2.38. The van der Waals surface area contributed by atoms with Crippen molar-refractivity contribution in [1.82, 2.24) is 0 Å². The minimum absolute atomic E-state index is 0. The molecule has 0 amide bonds. The Balaban J connectivity index is -0.00000180. The van der Waals surface area contributed by atoms with Crippen molar-refractivity contribution in [3.63, 3.8) is 0 Å². The fraction of sp³-hybridized carbons (Fsp3) is 1.00. The van der Waals surface area contributed by atoms with Crippen LogP contribution in [-0.4, -0.2) is 52.0 Å². The molecule has 0 aromatic heterocycles. The summed E-state index contributed by atoms with van der Waals surface area (Å²) in [4.78, 5) is 0. The van der Waals surface area contributed by atoms with Crippen molar-refractivity contribution in [2.75, 3.05) is 34.5 Å². The summed E-state index contributed by atoms with van der Waals surface area (Å²) in [5.41, 5.74) is 0. The van der Waals surface area contributed by atoms with Crippen molar-refractivity contribution in [3.05, 3.63) is 0 Å². The van der Waals surface area contributed by atoms with E-state index in [1.807, 2.05) is 23.5 Å². The summed E-state index contributed by atoms with van der Waals surface area (Å²) >= 11 is 0.0427. The van der Waals surface area contributed by atoms with Gasteiger partial charge in [0.15, 0.2) is 0 Å². The van der Waals surface area contributed by atoms with Crippen molar-refractivity contribution in [1.29, 1.82) is 0 Å². The van der Waals surface area contributed by atoms with E-state index in [1.54, 1.807) is 0 Å². The van der Waals surface area contributed by atoms with Gasteiger partial charge < -0.3 is 9.11 Å². The molecule has 0 aliphatic carbocycles. The Bertz CT molecular complexity index is 248. The molecular formula is C12H24Na2O4S4. The van der Waals surface area contributed by atoms with E-state index in [1.165, 1.54) is 12.8 Å². The summed E-state index contributed by atoms with van der Waals surface area (Å²) in [5.74, 6) is 4.98. The maximum atomic E-state index is 10.3. The Morgan fingerprint density at radius 2 is 0.864 bits per heavy atom. The zero-order valence-electron chi connectivity index (χ0n) is 13.8. The first-order valence-corrected chi connectivity index (χ1v) is 11.7. The molecule has 0 radical (unpaired) electrons. The standard InChI is InChI=1S/C12H26O4S4.2Na/c13-19(14)11-5-3-9-17-7-1-2-8-18-10-4-6-12-20(15)16;;/h1-12H2,(H,13,14)(H,15,16);;/q;2*+1/p-2. The van der Waals surface area contributed by atoms with Crippen molar-refractivity contribution in [2.45, 2.75) is 38.5 Å². The third kappa shape index (κ3) is 27.8. The molecule has 0 spiro atoms. The number of thioether (sulfide) groups is 2. The SMILES string of the molecule is O=S([O-])CCCCSCCCCSCCCCS(=O)[O-].[Na+].[Na+]. The number of hydrogen-bond donors (Lipinski definition) is 0. The average molecular weight is 407 g/mol. The molecule has 4 nitrogen and oxygen atoms in total. The van der Waals surface area contributed by atoms with Crippen LogP contribution in [0.1, 0.15) is 38.5 Å². The van der Waals surface area contributed by atoms with Crippen LogP contribution in [0.3, 0.4) is 0 Å². The van der Waals surface area contributed by atoms with Crippen LogP contribution in [0.5, 0.6) is 0 Å². The molecule has 10 heteroatoms. The summed E-state index contributed by atoms with van der Waals surface area (Å²) in [5, 5.41) is 0. The van der Waals surface area contributed by atoms with Crippen molar-refractivity contribution in [2.24, 2.45) is 0 Å². The molecule has 0 heterocycles. The van der Waals surface area contributed by atoms with Gasteiger partial charge in [0.1, 0.15) is 0 Å². The van der Waals surface area contributed by atoms with E-state index < -0.39 is 22.2 Å². The second-order valence-corrected chi connectivity index (χ2v) is 8.84. The van der Waals surface area contributed by atoms with Crippen LogP contribution in [-0.2, 0) is 22.2 Å². The van der Waals surface area contributed by atoms with Gasteiger partial charge in [0.2, 0.25) is 0 Å². The first kappa shape index (κ1) is 29.7. The van der Waals surface area contributed by atoms with Crippen molar-refractivity contribution < 1.29 is 76.6 Å². The molecule has 2 atom stereocenters. The summed E-state index contributed by atoms with van der Waals surface area (Å²) in [6.45, 7) is 0. The maximum absolute atomic E-state index is 10.3. The minimum atomic E-state index is -1.88. The summed E-state index contributed by atoms with van der Waals surface area (Å²) in [7, 11) is 0. The normalized spacial score (nSPS) is 13.0. The molecule has 0 saturated carbocycles. The third-order valence-corrected chi connectivity index (χ3v) is 6.08. The monoisotopic (exact) mass is 406 g/mol. The molecule has 0 fully saturated rings. The Hall–Kier alpha value is 2.92. The third-order valence-electron chi connectivity index (χ3n) is 2.53. The van der Waals surface area contributed by atoms with Gasteiger partial charge in [-0.05, 0) is 61.5 Å².